The molecule has 0 aliphatic carbocycles. The number of thiazole rings is 1. The van der Waals surface area contributed by atoms with Crippen LogP contribution < -0.4 is 0 Å². The molecular formula is C20H22FNS. The molecule has 0 aliphatic rings. The van der Waals surface area contributed by atoms with Crippen LogP contribution in [0.2, 0.25) is 0 Å². The summed E-state index contributed by atoms with van der Waals surface area (Å²) in [4.78, 5) is 4.58. The van der Waals surface area contributed by atoms with E-state index in [4.69, 9.17) is 0 Å². The van der Waals surface area contributed by atoms with E-state index in [-0.39, 0.29) is 5.82 Å². The molecule has 0 radical (unpaired) electrons. The van der Waals surface area contributed by atoms with Crippen LogP contribution in [0.1, 0.15) is 43.7 Å². The van der Waals surface area contributed by atoms with Crippen LogP contribution in [0.3, 0.4) is 0 Å². The van der Waals surface area contributed by atoms with Crippen LogP contribution >= 0.6 is 11.3 Å². The zero-order valence-electron chi connectivity index (χ0n) is 13.7. The molecule has 3 rings (SSSR count). The minimum atomic E-state index is -0.140. The lowest BCUT2D eigenvalue weighted by Crippen LogP contribution is -1.86. The number of unbranched alkanes of at least 4 members (excludes halogenated alkanes) is 3. The van der Waals surface area contributed by atoms with Crippen molar-refractivity contribution in [3.8, 4) is 10.6 Å². The van der Waals surface area contributed by atoms with Crippen molar-refractivity contribution >= 4 is 21.6 Å². The quantitative estimate of drug-likeness (QED) is 0.469. The van der Waals surface area contributed by atoms with Crippen LogP contribution in [0, 0.1) is 12.7 Å². The molecule has 0 aliphatic heterocycles. The van der Waals surface area contributed by atoms with Crippen LogP contribution in [0.4, 0.5) is 4.39 Å². The number of halogens is 1. The van der Waals surface area contributed by atoms with E-state index in [9.17, 15) is 4.39 Å². The van der Waals surface area contributed by atoms with E-state index >= 15 is 0 Å². The molecule has 0 amide bonds. The Morgan fingerprint density at radius 3 is 2.52 bits per heavy atom. The van der Waals surface area contributed by atoms with Crippen molar-refractivity contribution in [3.63, 3.8) is 0 Å². The average molecular weight is 327 g/mol. The molecule has 2 aromatic carbocycles. The fraction of sp³-hybridized carbons (Fsp3) is 0.350. The van der Waals surface area contributed by atoms with E-state index in [2.05, 4.69) is 36.2 Å². The van der Waals surface area contributed by atoms with Gasteiger partial charge in [0.2, 0.25) is 0 Å². The van der Waals surface area contributed by atoms with Gasteiger partial charge in [-0.05, 0) is 37.0 Å². The number of rotatable bonds is 6. The summed E-state index contributed by atoms with van der Waals surface area (Å²) >= 11 is 1.44. The van der Waals surface area contributed by atoms with Crippen molar-refractivity contribution in [1.29, 1.82) is 0 Å². The van der Waals surface area contributed by atoms with E-state index < -0.39 is 0 Å². The lowest BCUT2D eigenvalue weighted by Gasteiger charge is -2.02. The fourth-order valence-corrected chi connectivity index (χ4v) is 3.81. The first-order valence-corrected chi connectivity index (χ1v) is 9.15. The highest BCUT2D eigenvalue weighted by molar-refractivity contribution is 7.21. The third-order valence-electron chi connectivity index (χ3n) is 4.21. The predicted octanol–water partition coefficient (Wildman–Crippen LogP) is 6.53. The monoisotopic (exact) mass is 327 g/mol. The van der Waals surface area contributed by atoms with E-state index in [1.165, 1.54) is 42.6 Å². The van der Waals surface area contributed by atoms with E-state index in [1.54, 1.807) is 13.0 Å². The van der Waals surface area contributed by atoms with Gasteiger partial charge in [-0.3, -0.25) is 0 Å². The topological polar surface area (TPSA) is 12.9 Å². The molecule has 0 atom stereocenters. The minimum Gasteiger partial charge on any atom is -0.236 e. The third-order valence-corrected chi connectivity index (χ3v) is 5.32. The third kappa shape index (κ3) is 3.61. The maximum Gasteiger partial charge on any atom is 0.145 e. The van der Waals surface area contributed by atoms with Gasteiger partial charge in [0.1, 0.15) is 10.8 Å². The largest absolute Gasteiger partial charge is 0.236 e. The maximum absolute atomic E-state index is 14.2. The molecule has 0 saturated heterocycles. The van der Waals surface area contributed by atoms with E-state index in [0.29, 0.717) is 10.3 Å². The van der Waals surface area contributed by atoms with Crippen molar-refractivity contribution in [3.05, 3.63) is 53.3 Å². The lowest BCUT2D eigenvalue weighted by molar-refractivity contribution is 0.632. The first-order chi connectivity index (χ1) is 11.2. The van der Waals surface area contributed by atoms with Gasteiger partial charge in [0.05, 0.1) is 10.2 Å². The minimum absolute atomic E-state index is 0.140. The van der Waals surface area contributed by atoms with Crippen LogP contribution in [0.5, 0.6) is 0 Å². The smallest absolute Gasteiger partial charge is 0.145 e. The van der Waals surface area contributed by atoms with Gasteiger partial charge in [-0.2, -0.15) is 0 Å². The Labute approximate surface area is 141 Å². The predicted molar refractivity (Wildman–Crippen MR) is 97.6 cm³/mol. The summed E-state index contributed by atoms with van der Waals surface area (Å²) in [6, 6.07) is 12.3. The Kier molecular flexibility index (Phi) is 5.06. The van der Waals surface area contributed by atoms with Gasteiger partial charge in [0.15, 0.2) is 0 Å². The molecule has 3 aromatic rings. The molecule has 0 saturated carbocycles. The molecule has 1 aromatic heterocycles. The first kappa shape index (κ1) is 16.1. The van der Waals surface area contributed by atoms with E-state index in [1.807, 2.05) is 6.07 Å². The molecule has 23 heavy (non-hydrogen) atoms. The highest BCUT2D eigenvalue weighted by Crippen LogP contribution is 2.33. The highest BCUT2D eigenvalue weighted by atomic mass is 32.1. The van der Waals surface area contributed by atoms with Crippen LogP contribution in [0.15, 0.2) is 36.4 Å². The normalized spacial score (nSPS) is 11.3. The van der Waals surface area contributed by atoms with Crippen molar-refractivity contribution in [2.45, 2.75) is 46.0 Å². The number of aryl methyl sites for hydroxylation is 2. The zero-order chi connectivity index (χ0) is 16.2. The summed E-state index contributed by atoms with van der Waals surface area (Å²) in [6.45, 7) is 4.03. The molecule has 0 N–H and O–H groups in total. The number of nitrogens with zero attached hydrogens (tertiary/aromatic N) is 1. The zero-order valence-corrected chi connectivity index (χ0v) is 14.5. The van der Waals surface area contributed by atoms with Crippen LogP contribution in [-0.2, 0) is 6.42 Å². The Morgan fingerprint density at radius 1 is 1.00 bits per heavy atom. The molecule has 1 nitrogen and oxygen atoms in total. The molecule has 0 unspecified atom stereocenters. The van der Waals surface area contributed by atoms with Gasteiger partial charge in [-0.25, -0.2) is 9.37 Å². The second-order valence-electron chi connectivity index (χ2n) is 6.07. The number of hydrogen-bond donors (Lipinski definition) is 0. The second kappa shape index (κ2) is 7.22. The van der Waals surface area contributed by atoms with Crippen LogP contribution in [0.25, 0.3) is 20.8 Å². The Bertz CT molecular complexity index is 789. The number of fused-ring (bicyclic) bond motifs is 1. The molecule has 0 spiro atoms. The highest BCUT2D eigenvalue weighted by Gasteiger charge is 2.11. The average Bonchev–Trinajstić information content (AvgIpc) is 3.01. The standard InChI is InChI=1S/C20H22FNS/c1-3-4-5-6-7-15-9-11-16(12-10-15)20-22-17-13-8-14(2)18(21)19(17)23-20/h8-13H,3-7H2,1-2H3. The van der Waals surface area contributed by atoms with Crippen molar-refractivity contribution < 1.29 is 4.39 Å². The molecule has 120 valence electrons. The number of benzene rings is 2. The number of hydrogen-bond acceptors (Lipinski definition) is 2. The summed E-state index contributed by atoms with van der Waals surface area (Å²) in [5.41, 5.74) is 3.86. The van der Waals surface area contributed by atoms with Gasteiger partial charge >= 0.3 is 0 Å². The van der Waals surface area contributed by atoms with Crippen molar-refractivity contribution in [2.24, 2.45) is 0 Å². The Balaban J connectivity index is 1.78. The van der Waals surface area contributed by atoms with Crippen molar-refractivity contribution in [2.75, 3.05) is 0 Å². The summed E-state index contributed by atoms with van der Waals surface area (Å²) < 4.78 is 14.8. The van der Waals surface area contributed by atoms with Crippen molar-refractivity contribution in [1.82, 2.24) is 4.98 Å². The SMILES string of the molecule is CCCCCCc1ccc(-c2nc3ccc(C)c(F)c3s2)cc1. The molecule has 1 heterocycles. The summed E-state index contributed by atoms with van der Waals surface area (Å²) in [6.07, 6.45) is 6.27. The second-order valence-corrected chi connectivity index (χ2v) is 7.07. The van der Waals surface area contributed by atoms with Gasteiger partial charge in [0, 0.05) is 5.56 Å². The van der Waals surface area contributed by atoms with Gasteiger partial charge in [-0.1, -0.05) is 56.5 Å². The molecule has 0 fully saturated rings. The first-order valence-electron chi connectivity index (χ1n) is 8.34. The van der Waals surface area contributed by atoms with Crippen LogP contribution in [-0.4, -0.2) is 4.98 Å². The van der Waals surface area contributed by atoms with Gasteiger partial charge in [-0.15, -0.1) is 11.3 Å². The Hall–Kier alpha value is -1.74. The van der Waals surface area contributed by atoms with Gasteiger partial charge in [0.25, 0.3) is 0 Å². The number of aromatic nitrogens is 1. The van der Waals surface area contributed by atoms with E-state index in [0.717, 1.165) is 22.5 Å². The Morgan fingerprint density at radius 2 is 1.78 bits per heavy atom. The molecule has 0 bridgehead atoms. The maximum atomic E-state index is 14.2. The van der Waals surface area contributed by atoms with Gasteiger partial charge < -0.3 is 0 Å². The molecule has 3 heteroatoms. The fourth-order valence-electron chi connectivity index (χ4n) is 2.75. The summed E-state index contributed by atoms with van der Waals surface area (Å²) in [7, 11) is 0. The summed E-state index contributed by atoms with van der Waals surface area (Å²) in [5, 5.41) is 0.891. The lowest BCUT2D eigenvalue weighted by atomic mass is 10.0. The molecular weight excluding hydrogens is 305 g/mol. The summed E-state index contributed by atoms with van der Waals surface area (Å²) in [5.74, 6) is -0.140.